The molecule has 0 radical (unpaired) electrons. The molecule has 4 aliphatic carbocycles. The predicted octanol–water partition coefficient (Wildman–Crippen LogP) is 7.00. The lowest BCUT2D eigenvalue weighted by molar-refractivity contribution is -0.150. The molecule has 0 heteroatoms. The topological polar surface area (TPSA) is 0 Å². The highest BCUT2D eigenvalue weighted by Crippen LogP contribution is 2.71. The van der Waals surface area contributed by atoms with E-state index in [2.05, 4.69) is 34.3 Å². The van der Waals surface area contributed by atoms with Gasteiger partial charge in [0, 0.05) is 0 Å². The fraction of sp³-hybridized carbons (Fsp3) is 0.913. The van der Waals surface area contributed by atoms with Gasteiger partial charge in [0.2, 0.25) is 0 Å². The Kier molecular flexibility index (Phi) is 3.61. The normalized spacial score (nSPS) is 55.7. The lowest BCUT2D eigenvalue weighted by Gasteiger charge is -2.64. The van der Waals surface area contributed by atoms with Crippen LogP contribution in [-0.2, 0) is 0 Å². The van der Waals surface area contributed by atoms with Crippen molar-refractivity contribution in [3.05, 3.63) is 12.2 Å². The first-order valence-electron chi connectivity index (χ1n) is 10.5. The summed E-state index contributed by atoms with van der Waals surface area (Å²) in [6, 6.07) is 0. The van der Waals surface area contributed by atoms with Crippen LogP contribution in [0.2, 0.25) is 0 Å². The van der Waals surface area contributed by atoms with Crippen molar-refractivity contribution in [1.29, 1.82) is 0 Å². The minimum Gasteiger partial charge on any atom is -0.0998 e. The van der Waals surface area contributed by atoms with Crippen LogP contribution in [0.3, 0.4) is 0 Å². The van der Waals surface area contributed by atoms with E-state index in [1.165, 1.54) is 69.8 Å². The molecule has 4 fully saturated rings. The molecule has 0 spiro atoms. The van der Waals surface area contributed by atoms with Gasteiger partial charge in [0.25, 0.3) is 0 Å². The molecule has 0 nitrogen and oxygen atoms in total. The monoisotopic (exact) mass is 314 g/mol. The average molecular weight is 315 g/mol. The van der Waals surface area contributed by atoms with E-state index in [9.17, 15) is 0 Å². The van der Waals surface area contributed by atoms with Gasteiger partial charge in [0.15, 0.2) is 0 Å². The second-order valence-electron chi connectivity index (χ2n) is 10.6. The Morgan fingerprint density at radius 1 is 0.826 bits per heavy atom. The van der Waals surface area contributed by atoms with Crippen LogP contribution in [0.15, 0.2) is 12.2 Å². The fourth-order valence-electron chi connectivity index (χ4n) is 8.41. The van der Waals surface area contributed by atoms with Gasteiger partial charge >= 0.3 is 0 Å². The van der Waals surface area contributed by atoms with E-state index in [0.29, 0.717) is 16.2 Å². The highest BCUT2D eigenvalue weighted by atomic mass is 14.7. The summed E-state index contributed by atoms with van der Waals surface area (Å²) in [5, 5.41) is 0. The van der Waals surface area contributed by atoms with Crippen molar-refractivity contribution in [3.8, 4) is 0 Å². The maximum absolute atomic E-state index is 4.37. The lowest BCUT2D eigenvalue weighted by atomic mass is 9.40. The Morgan fingerprint density at radius 2 is 1.57 bits per heavy atom. The molecule has 0 amide bonds. The van der Waals surface area contributed by atoms with Crippen LogP contribution in [0.5, 0.6) is 0 Å². The molecule has 7 unspecified atom stereocenters. The minimum absolute atomic E-state index is 0.575. The maximum atomic E-state index is 4.37. The van der Waals surface area contributed by atoms with Crippen molar-refractivity contribution in [2.75, 3.05) is 0 Å². The third-order valence-corrected chi connectivity index (χ3v) is 9.93. The molecule has 0 bridgehead atoms. The van der Waals surface area contributed by atoms with E-state index in [0.717, 1.165) is 23.7 Å². The molecule has 0 aromatic rings. The van der Waals surface area contributed by atoms with Gasteiger partial charge in [0.05, 0.1) is 0 Å². The highest BCUT2D eigenvalue weighted by molar-refractivity contribution is 5.16. The molecule has 0 saturated heterocycles. The van der Waals surface area contributed by atoms with Crippen molar-refractivity contribution in [3.63, 3.8) is 0 Å². The second-order valence-corrected chi connectivity index (χ2v) is 10.6. The Bertz CT molecular complexity index is 504. The molecule has 4 saturated carbocycles. The van der Waals surface area contributed by atoms with Gasteiger partial charge in [-0.3, -0.25) is 0 Å². The van der Waals surface area contributed by atoms with Crippen LogP contribution in [0.4, 0.5) is 0 Å². The Balaban J connectivity index is 1.66. The molecular formula is C23H38. The number of hydrogen-bond acceptors (Lipinski definition) is 0. The van der Waals surface area contributed by atoms with Crippen molar-refractivity contribution < 1.29 is 0 Å². The molecule has 4 rings (SSSR count). The van der Waals surface area contributed by atoms with E-state index in [-0.39, 0.29) is 0 Å². The van der Waals surface area contributed by atoms with Gasteiger partial charge in [-0.15, -0.1) is 0 Å². The molecule has 7 atom stereocenters. The molecule has 0 aromatic heterocycles. The molecule has 0 aromatic carbocycles. The molecule has 130 valence electrons. The summed E-state index contributed by atoms with van der Waals surface area (Å²) in [6.07, 6.45) is 14.9. The van der Waals surface area contributed by atoms with E-state index in [1.807, 2.05) is 0 Å². The first-order valence-corrected chi connectivity index (χ1v) is 10.5. The summed E-state index contributed by atoms with van der Waals surface area (Å²) in [5.74, 6) is 3.84. The summed E-state index contributed by atoms with van der Waals surface area (Å²) < 4.78 is 0. The van der Waals surface area contributed by atoms with Gasteiger partial charge in [-0.2, -0.15) is 0 Å². The van der Waals surface area contributed by atoms with Crippen LogP contribution in [0.25, 0.3) is 0 Å². The quantitative estimate of drug-likeness (QED) is 0.457. The molecule has 0 N–H and O–H groups in total. The molecule has 0 aliphatic heterocycles. The molecular weight excluding hydrogens is 276 g/mol. The molecule has 23 heavy (non-hydrogen) atoms. The fourth-order valence-corrected chi connectivity index (χ4v) is 8.41. The number of hydrogen-bond donors (Lipinski definition) is 0. The largest absolute Gasteiger partial charge is 0.0998 e. The smallest absolute Gasteiger partial charge is 0.0152 e. The third-order valence-electron chi connectivity index (χ3n) is 9.93. The predicted molar refractivity (Wildman–Crippen MR) is 99.3 cm³/mol. The zero-order chi connectivity index (χ0) is 16.5. The number of allylic oxidation sites excluding steroid dienone is 1. The van der Waals surface area contributed by atoms with Gasteiger partial charge < -0.3 is 0 Å². The van der Waals surface area contributed by atoms with Crippen LogP contribution in [-0.4, -0.2) is 0 Å². The van der Waals surface area contributed by atoms with Crippen LogP contribution >= 0.6 is 0 Å². The standard InChI is InChI=1S/C23H38/c1-16(2)18-8-9-19-17-10-14-21(3)12-6-7-13-23(21,5)20(17)11-15-22(18,19)4/h17-20H,1,6-15H2,2-5H3. The second kappa shape index (κ2) is 5.12. The summed E-state index contributed by atoms with van der Waals surface area (Å²) in [4.78, 5) is 0. The third kappa shape index (κ3) is 2.02. The van der Waals surface area contributed by atoms with Crippen molar-refractivity contribution in [1.82, 2.24) is 0 Å². The highest BCUT2D eigenvalue weighted by Gasteiger charge is 2.62. The lowest BCUT2D eigenvalue weighted by Crippen LogP contribution is -2.56. The zero-order valence-corrected chi connectivity index (χ0v) is 16.1. The zero-order valence-electron chi connectivity index (χ0n) is 16.1. The first kappa shape index (κ1) is 16.2. The van der Waals surface area contributed by atoms with Crippen molar-refractivity contribution in [2.45, 2.75) is 91.9 Å². The van der Waals surface area contributed by atoms with Crippen LogP contribution < -0.4 is 0 Å². The van der Waals surface area contributed by atoms with Gasteiger partial charge in [-0.1, -0.05) is 45.8 Å². The minimum atomic E-state index is 0.575. The van der Waals surface area contributed by atoms with Gasteiger partial charge in [-0.25, -0.2) is 0 Å². The summed E-state index contributed by atoms with van der Waals surface area (Å²) in [7, 11) is 0. The summed E-state index contributed by atoms with van der Waals surface area (Å²) >= 11 is 0. The van der Waals surface area contributed by atoms with Gasteiger partial charge in [-0.05, 0) is 98.2 Å². The molecule has 0 heterocycles. The Labute approximate surface area is 144 Å². The summed E-state index contributed by atoms with van der Waals surface area (Å²) in [6.45, 7) is 14.7. The van der Waals surface area contributed by atoms with Crippen molar-refractivity contribution >= 4 is 0 Å². The van der Waals surface area contributed by atoms with Gasteiger partial charge in [0.1, 0.15) is 0 Å². The Hall–Kier alpha value is -0.260. The summed E-state index contributed by atoms with van der Waals surface area (Å²) in [5.41, 5.74) is 3.33. The first-order chi connectivity index (χ1) is 10.8. The van der Waals surface area contributed by atoms with E-state index in [4.69, 9.17) is 0 Å². The maximum Gasteiger partial charge on any atom is -0.0152 e. The number of rotatable bonds is 1. The van der Waals surface area contributed by atoms with Crippen LogP contribution in [0, 0.1) is 39.9 Å². The number of fused-ring (bicyclic) bond motifs is 5. The van der Waals surface area contributed by atoms with E-state index in [1.54, 1.807) is 0 Å². The van der Waals surface area contributed by atoms with E-state index >= 15 is 0 Å². The van der Waals surface area contributed by atoms with E-state index < -0.39 is 0 Å². The molecule has 4 aliphatic rings. The van der Waals surface area contributed by atoms with Crippen molar-refractivity contribution in [2.24, 2.45) is 39.9 Å². The van der Waals surface area contributed by atoms with Crippen LogP contribution in [0.1, 0.15) is 91.9 Å². The average Bonchev–Trinajstić information content (AvgIpc) is 2.85. The SMILES string of the molecule is C=C(C)C1CCC2C3CCC4(C)CCCCC4(C)C3CCC12C. The Morgan fingerprint density at radius 3 is 2.30 bits per heavy atom.